The van der Waals surface area contributed by atoms with Gasteiger partial charge in [0.15, 0.2) is 0 Å². The van der Waals surface area contributed by atoms with Gasteiger partial charge in [-0.2, -0.15) is 0 Å². The summed E-state index contributed by atoms with van der Waals surface area (Å²) >= 11 is 3.90. The fourth-order valence-electron chi connectivity index (χ4n) is 2.92. The second kappa shape index (κ2) is 10.1. The first-order valence-corrected chi connectivity index (χ1v) is 12.2. The Balaban J connectivity index is 1.58. The molecule has 2 atom stereocenters. The second-order valence-corrected chi connectivity index (χ2v) is 11.6. The first-order valence-electron chi connectivity index (χ1n) is 8.73. The number of thioether (sulfide) groups is 2. The van der Waals surface area contributed by atoms with Crippen LogP contribution in [0.5, 0.6) is 0 Å². The number of unbranched alkanes of at least 4 members (excludes halogenated alkanes) is 2. The number of rotatable bonds is 9. The first-order chi connectivity index (χ1) is 11.1. The van der Waals surface area contributed by atoms with Gasteiger partial charge in [-0.15, -0.1) is 23.5 Å². The Kier molecular flexibility index (Phi) is 8.56. The van der Waals surface area contributed by atoms with Crippen LogP contribution in [0, 0.1) is 5.41 Å². The molecular weight excluding hydrogens is 340 g/mol. The highest BCUT2D eigenvalue weighted by atomic mass is 32.2. The summed E-state index contributed by atoms with van der Waals surface area (Å²) in [6, 6.07) is 10.7. The van der Waals surface area contributed by atoms with Crippen molar-refractivity contribution in [2.45, 2.75) is 61.8 Å². The van der Waals surface area contributed by atoms with Crippen molar-refractivity contribution in [2.75, 3.05) is 17.3 Å². The van der Waals surface area contributed by atoms with E-state index in [4.69, 9.17) is 0 Å². The second-order valence-electron chi connectivity index (χ2n) is 7.08. The van der Waals surface area contributed by atoms with Crippen LogP contribution in [0.15, 0.2) is 35.2 Å². The first kappa shape index (κ1) is 19.4. The van der Waals surface area contributed by atoms with Crippen LogP contribution >= 0.6 is 23.5 Å². The predicted molar refractivity (Wildman–Crippen MR) is 108 cm³/mol. The Hall–Kier alpha value is 0.0700. The van der Waals surface area contributed by atoms with Crippen molar-refractivity contribution >= 4 is 34.3 Å². The lowest BCUT2D eigenvalue weighted by molar-refractivity contribution is 0.306. The summed E-state index contributed by atoms with van der Waals surface area (Å²) in [5.41, 5.74) is 0.331. The summed E-state index contributed by atoms with van der Waals surface area (Å²) in [4.78, 5) is 1.38. The van der Waals surface area contributed by atoms with Crippen molar-refractivity contribution in [3.05, 3.63) is 30.3 Å². The molecule has 2 unspecified atom stereocenters. The van der Waals surface area contributed by atoms with Gasteiger partial charge in [-0.3, -0.25) is 4.21 Å². The maximum absolute atomic E-state index is 12.1. The lowest BCUT2D eigenvalue weighted by Crippen LogP contribution is -2.27. The van der Waals surface area contributed by atoms with Crippen LogP contribution in [-0.2, 0) is 10.8 Å². The molecule has 0 radical (unpaired) electrons. The minimum Gasteiger partial charge on any atom is -0.258 e. The lowest BCUT2D eigenvalue weighted by atomic mass is 9.84. The highest BCUT2D eigenvalue weighted by Crippen LogP contribution is 2.36. The molecule has 130 valence electrons. The van der Waals surface area contributed by atoms with Crippen molar-refractivity contribution < 1.29 is 4.21 Å². The van der Waals surface area contributed by atoms with E-state index in [2.05, 4.69) is 44.2 Å². The van der Waals surface area contributed by atoms with Gasteiger partial charge in [-0.25, -0.2) is 0 Å². The summed E-state index contributed by atoms with van der Waals surface area (Å²) in [6.07, 6.45) is 7.41. The average Bonchev–Trinajstić information content (AvgIpc) is 2.54. The number of hydrogen-bond acceptors (Lipinski definition) is 3. The van der Waals surface area contributed by atoms with Crippen molar-refractivity contribution in [1.29, 1.82) is 0 Å². The Labute approximate surface area is 153 Å². The molecule has 1 aliphatic heterocycles. The zero-order valence-electron chi connectivity index (χ0n) is 14.5. The molecule has 0 N–H and O–H groups in total. The summed E-state index contributed by atoms with van der Waals surface area (Å²) in [6.45, 7) is 4.72. The van der Waals surface area contributed by atoms with Crippen LogP contribution < -0.4 is 0 Å². The number of benzene rings is 1. The molecule has 1 heterocycles. The Morgan fingerprint density at radius 3 is 2.74 bits per heavy atom. The normalized spacial score (nSPS) is 22.2. The zero-order valence-corrected chi connectivity index (χ0v) is 16.9. The molecule has 1 saturated heterocycles. The minimum atomic E-state index is -0.596. The van der Waals surface area contributed by atoms with Crippen LogP contribution in [0.3, 0.4) is 0 Å². The third kappa shape index (κ3) is 7.66. The van der Waals surface area contributed by atoms with Gasteiger partial charge in [0.25, 0.3) is 0 Å². The molecule has 23 heavy (non-hydrogen) atoms. The summed E-state index contributed by atoms with van der Waals surface area (Å²) in [5, 5.41) is 0. The topological polar surface area (TPSA) is 17.1 Å². The van der Waals surface area contributed by atoms with Crippen molar-refractivity contribution in [3.63, 3.8) is 0 Å². The maximum Gasteiger partial charge on any atom is 0.0806 e. The van der Waals surface area contributed by atoms with Crippen molar-refractivity contribution in [2.24, 2.45) is 5.41 Å². The third-order valence-corrected chi connectivity index (χ3v) is 8.97. The molecule has 0 saturated carbocycles. The molecule has 1 fully saturated rings. The average molecular weight is 371 g/mol. The van der Waals surface area contributed by atoms with Gasteiger partial charge in [0, 0.05) is 21.4 Å². The molecule has 0 aromatic heterocycles. The summed E-state index contributed by atoms with van der Waals surface area (Å²) < 4.78 is 12.5. The van der Waals surface area contributed by atoms with E-state index < -0.39 is 10.8 Å². The monoisotopic (exact) mass is 370 g/mol. The van der Waals surface area contributed by atoms with E-state index in [1.807, 2.05) is 23.5 Å². The Morgan fingerprint density at radius 2 is 2.00 bits per heavy atom. The molecule has 0 bridgehead atoms. The van der Waals surface area contributed by atoms with Crippen LogP contribution in [-0.4, -0.2) is 26.0 Å². The Morgan fingerprint density at radius 1 is 1.22 bits per heavy atom. The van der Waals surface area contributed by atoms with E-state index in [-0.39, 0.29) is 0 Å². The highest BCUT2D eigenvalue weighted by Gasteiger charge is 2.28. The molecule has 1 aromatic carbocycles. The lowest BCUT2D eigenvalue weighted by Gasteiger charge is -2.31. The maximum atomic E-state index is 12.1. The van der Waals surface area contributed by atoms with Crippen LogP contribution in [0.4, 0.5) is 0 Å². The molecule has 1 nitrogen and oxygen atoms in total. The Bertz CT molecular complexity index is 473. The van der Waals surface area contributed by atoms with Gasteiger partial charge in [0.1, 0.15) is 0 Å². The van der Waals surface area contributed by atoms with Gasteiger partial charge in [0.2, 0.25) is 0 Å². The SMILES string of the molecule is CC(C)(CCCCCSc1ccccc1)CC1SCCCS1=O. The van der Waals surface area contributed by atoms with E-state index >= 15 is 0 Å². The van der Waals surface area contributed by atoms with E-state index in [1.54, 1.807) is 0 Å². The van der Waals surface area contributed by atoms with Crippen LogP contribution in [0.25, 0.3) is 0 Å². The standard InChI is InChI=1S/C19H30OS3/c1-19(2,16-18-22-14-9-15-23(18)20)12-7-4-8-13-21-17-10-5-3-6-11-17/h3,5-6,10-11,18H,4,7-9,12-16H2,1-2H3. The smallest absolute Gasteiger partial charge is 0.0806 e. The van der Waals surface area contributed by atoms with Crippen molar-refractivity contribution in [1.82, 2.24) is 0 Å². The van der Waals surface area contributed by atoms with Crippen LogP contribution in [0.2, 0.25) is 0 Å². The minimum absolute atomic E-state index is 0.331. The third-order valence-electron chi connectivity index (χ3n) is 4.32. The quantitative estimate of drug-likeness (QED) is 0.394. The molecule has 0 aliphatic carbocycles. The molecule has 0 spiro atoms. The van der Waals surface area contributed by atoms with Gasteiger partial charge in [-0.1, -0.05) is 44.9 Å². The molecule has 1 aliphatic rings. The van der Waals surface area contributed by atoms with Gasteiger partial charge < -0.3 is 0 Å². The van der Waals surface area contributed by atoms with Gasteiger partial charge in [0.05, 0.1) is 4.58 Å². The number of hydrogen-bond donors (Lipinski definition) is 0. The highest BCUT2D eigenvalue weighted by molar-refractivity contribution is 8.11. The predicted octanol–water partition coefficient (Wildman–Crippen LogP) is 5.97. The zero-order chi connectivity index (χ0) is 16.5. The summed E-state index contributed by atoms with van der Waals surface area (Å²) in [5.74, 6) is 3.33. The fourth-order valence-corrected chi connectivity index (χ4v) is 7.69. The van der Waals surface area contributed by atoms with E-state index in [0.29, 0.717) is 10.00 Å². The largest absolute Gasteiger partial charge is 0.258 e. The fraction of sp³-hybridized carbons (Fsp3) is 0.684. The van der Waals surface area contributed by atoms with Crippen LogP contribution in [0.1, 0.15) is 52.4 Å². The van der Waals surface area contributed by atoms with Gasteiger partial charge >= 0.3 is 0 Å². The molecule has 4 heteroatoms. The van der Waals surface area contributed by atoms with Gasteiger partial charge in [-0.05, 0) is 54.7 Å². The molecular formula is C19H30OS3. The molecule has 0 amide bonds. The molecule has 1 aromatic rings. The van der Waals surface area contributed by atoms with Crippen molar-refractivity contribution in [3.8, 4) is 0 Å². The summed E-state index contributed by atoms with van der Waals surface area (Å²) in [7, 11) is -0.596. The molecule has 2 rings (SSSR count). The van der Waals surface area contributed by atoms with E-state index in [9.17, 15) is 4.21 Å². The van der Waals surface area contributed by atoms with E-state index in [1.165, 1.54) is 42.1 Å². The van der Waals surface area contributed by atoms with E-state index in [0.717, 1.165) is 18.6 Å².